The molecule has 5 heteroatoms. The Labute approximate surface area is 116 Å². The zero-order valence-electron chi connectivity index (χ0n) is 12.4. The maximum absolute atomic E-state index is 11.5. The van der Waals surface area contributed by atoms with Gasteiger partial charge in [0.2, 0.25) is 11.8 Å². The number of unbranched alkanes of at least 4 members (excludes halogenated alkanes) is 2. The fourth-order valence-electron chi connectivity index (χ4n) is 1.80. The minimum absolute atomic E-state index is 0.0117. The summed E-state index contributed by atoms with van der Waals surface area (Å²) in [5.41, 5.74) is 0. The number of amides is 2. The Morgan fingerprint density at radius 3 is 2.37 bits per heavy atom. The molecule has 0 spiro atoms. The minimum Gasteiger partial charge on any atom is -0.391 e. The van der Waals surface area contributed by atoms with Crippen molar-refractivity contribution in [2.75, 3.05) is 13.1 Å². The number of aliphatic hydroxyl groups excluding tert-OH is 1. The van der Waals surface area contributed by atoms with E-state index in [1.165, 1.54) is 6.92 Å². The first kappa shape index (κ1) is 17.9. The lowest BCUT2D eigenvalue weighted by molar-refractivity contribution is -0.122. The second-order valence-corrected chi connectivity index (χ2v) is 5.38. The summed E-state index contributed by atoms with van der Waals surface area (Å²) in [6, 6.07) is 0. The molecule has 0 saturated heterocycles. The molecule has 0 bridgehead atoms. The van der Waals surface area contributed by atoms with Crippen LogP contribution < -0.4 is 10.6 Å². The highest BCUT2D eigenvalue weighted by atomic mass is 16.3. The molecule has 3 N–H and O–H groups in total. The van der Waals surface area contributed by atoms with E-state index < -0.39 is 6.10 Å². The number of hydrogen-bond donors (Lipinski definition) is 3. The van der Waals surface area contributed by atoms with E-state index in [1.54, 1.807) is 0 Å². The summed E-state index contributed by atoms with van der Waals surface area (Å²) in [4.78, 5) is 22.1. The van der Waals surface area contributed by atoms with Gasteiger partial charge in [-0.2, -0.15) is 0 Å². The van der Waals surface area contributed by atoms with Gasteiger partial charge in [0.25, 0.3) is 0 Å². The SMILES string of the molecule is CC(=O)NCCCCCC(=O)NCC(O)CC(C)C. The van der Waals surface area contributed by atoms with E-state index in [1.807, 2.05) is 13.8 Å². The normalized spacial score (nSPS) is 12.3. The van der Waals surface area contributed by atoms with Crippen LogP contribution in [0.5, 0.6) is 0 Å². The van der Waals surface area contributed by atoms with Crippen molar-refractivity contribution >= 4 is 11.8 Å². The summed E-state index contributed by atoms with van der Waals surface area (Å²) in [6.45, 7) is 6.59. The van der Waals surface area contributed by atoms with Crippen molar-refractivity contribution in [1.82, 2.24) is 10.6 Å². The van der Waals surface area contributed by atoms with E-state index >= 15 is 0 Å². The van der Waals surface area contributed by atoms with Crippen LogP contribution in [0.15, 0.2) is 0 Å². The quantitative estimate of drug-likeness (QED) is 0.523. The van der Waals surface area contributed by atoms with Crippen molar-refractivity contribution in [2.24, 2.45) is 5.92 Å². The second kappa shape index (κ2) is 10.8. The minimum atomic E-state index is -0.455. The van der Waals surface area contributed by atoms with Crippen LogP contribution in [0.25, 0.3) is 0 Å². The van der Waals surface area contributed by atoms with E-state index in [2.05, 4.69) is 10.6 Å². The third-order valence-corrected chi connectivity index (χ3v) is 2.73. The highest BCUT2D eigenvalue weighted by Crippen LogP contribution is 2.04. The number of aliphatic hydroxyl groups is 1. The molecular formula is C14H28N2O3. The predicted molar refractivity (Wildman–Crippen MR) is 75.6 cm³/mol. The topological polar surface area (TPSA) is 78.4 Å². The van der Waals surface area contributed by atoms with Gasteiger partial charge in [-0.05, 0) is 25.2 Å². The molecule has 5 nitrogen and oxygen atoms in total. The van der Waals surface area contributed by atoms with Gasteiger partial charge in [-0.15, -0.1) is 0 Å². The van der Waals surface area contributed by atoms with Gasteiger partial charge in [-0.25, -0.2) is 0 Å². The summed E-state index contributed by atoms with van der Waals surface area (Å²) >= 11 is 0. The smallest absolute Gasteiger partial charge is 0.220 e. The maximum atomic E-state index is 11.5. The predicted octanol–water partition coefficient (Wildman–Crippen LogP) is 1.21. The molecule has 1 atom stereocenters. The molecule has 0 aromatic heterocycles. The van der Waals surface area contributed by atoms with Crippen LogP contribution in [0, 0.1) is 5.92 Å². The van der Waals surface area contributed by atoms with Crippen LogP contribution in [0.2, 0.25) is 0 Å². The van der Waals surface area contributed by atoms with Crippen LogP contribution >= 0.6 is 0 Å². The standard InChI is InChI=1S/C14H28N2O3/c1-11(2)9-13(18)10-16-14(19)7-5-4-6-8-15-12(3)17/h11,13,18H,4-10H2,1-3H3,(H,15,17)(H,16,19). The first-order valence-electron chi connectivity index (χ1n) is 7.11. The van der Waals surface area contributed by atoms with Gasteiger partial charge < -0.3 is 15.7 Å². The summed E-state index contributed by atoms with van der Waals surface area (Å²) in [5, 5.41) is 15.1. The van der Waals surface area contributed by atoms with Gasteiger partial charge in [-0.3, -0.25) is 9.59 Å². The Morgan fingerprint density at radius 2 is 1.79 bits per heavy atom. The van der Waals surface area contributed by atoms with Gasteiger partial charge in [0.1, 0.15) is 0 Å². The summed E-state index contributed by atoms with van der Waals surface area (Å²) in [7, 11) is 0. The van der Waals surface area contributed by atoms with E-state index in [0.29, 0.717) is 31.8 Å². The van der Waals surface area contributed by atoms with E-state index in [9.17, 15) is 14.7 Å². The zero-order valence-corrected chi connectivity index (χ0v) is 12.4. The fourth-order valence-corrected chi connectivity index (χ4v) is 1.80. The van der Waals surface area contributed by atoms with Crippen molar-refractivity contribution in [2.45, 2.75) is 59.0 Å². The van der Waals surface area contributed by atoms with E-state index in [4.69, 9.17) is 0 Å². The number of rotatable bonds is 10. The molecule has 112 valence electrons. The molecule has 0 aliphatic heterocycles. The number of nitrogens with one attached hydrogen (secondary N) is 2. The molecule has 1 unspecified atom stereocenters. The van der Waals surface area contributed by atoms with Crippen LogP contribution in [-0.2, 0) is 9.59 Å². The van der Waals surface area contributed by atoms with Crippen molar-refractivity contribution < 1.29 is 14.7 Å². The van der Waals surface area contributed by atoms with Crippen LogP contribution in [0.1, 0.15) is 52.9 Å². The highest BCUT2D eigenvalue weighted by molar-refractivity contribution is 5.75. The van der Waals surface area contributed by atoms with Gasteiger partial charge in [0.15, 0.2) is 0 Å². The molecule has 0 aromatic rings. The van der Waals surface area contributed by atoms with Crippen LogP contribution in [-0.4, -0.2) is 36.1 Å². The van der Waals surface area contributed by atoms with Gasteiger partial charge in [-0.1, -0.05) is 20.3 Å². The van der Waals surface area contributed by atoms with Crippen molar-refractivity contribution in [3.8, 4) is 0 Å². The van der Waals surface area contributed by atoms with Crippen molar-refractivity contribution in [3.63, 3.8) is 0 Å². The monoisotopic (exact) mass is 272 g/mol. The molecule has 0 heterocycles. The Bertz CT molecular complexity index is 267. The molecule has 0 aliphatic carbocycles. The number of carbonyl (C=O) groups excluding carboxylic acids is 2. The lowest BCUT2D eigenvalue weighted by Crippen LogP contribution is -2.32. The lowest BCUT2D eigenvalue weighted by atomic mass is 10.1. The van der Waals surface area contributed by atoms with E-state index in [0.717, 1.165) is 19.3 Å². The summed E-state index contributed by atoms with van der Waals surface area (Å²) in [6.07, 6.45) is 3.35. The molecule has 0 fully saturated rings. The third kappa shape index (κ3) is 13.1. The largest absolute Gasteiger partial charge is 0.391 e. The molecule has 0 rings (SSSR count). The Balaban J connectivity index is 3.42. The summed E-state index contributed by atoms with van der Waals surface area (Å²) < 4.78 is 0. The summed E-state index contributed by atoms with van der Waals surface area (Å²) in [5.74, 6) is 0.403. The molecule has 0 saturated carbocycles. The molecule has 0 aromatic carbocycles. The molecular weight excluding hydrogens is 244 g/mol. The van der Waals surface area contributed by atoms with Gasteiger partial charge in [0, 0.05) is 26.4 Å². The van der Waals surface area contributed by atoms with Gasteiger partial charge in [0.05, 0.1) is 6.10 Å². The lowest BCUT2D eigenvalue weighted by Gasteiger charge is -2.13. The molecule has 2 amide bonds. The van der Waals surface area contributed by atoms with Crippen LogP contribution in [0.3, 0.4) is 0 Å². The number of hydrogen-bond acceptors (Lipinski definition) is 3. The Kier molecular flexibility index (Phi) is 10.2. The Morgan fingerprint density at radius 1 is 1.11 bits per heavy atom. The van der Waals surface area contributed by atoms with Crippen molar-refractivity contribution in [1.29, 1.82) is 0 Å². The first-order chi connectivity index (χ1) is 8.91. The maximum Gasteiger partial charge on any atom is 0.220 e. The Hall–Kier alpha value is -1.10. The molecule has 0 aliphatic rings. The second-order valence-electron chi connectivity index (χ2n) is 5.38. The average molecular weight is 272 g/mol. The highest BCUT2D eigenvalue weighted by Gasteiger charge is 2.08. The van der Waals surface area contributed by atoms with Crippen molar-refractivity contribution in [3.05, 3.63) is 0 Å². The average Bonchev–Trinajstić information content (AvgIpc) is 2.29. The van der Waals surface area contributed by atoms with Crippen LogP contribution in [0.4, 0.5) is 0 Å². The van der Waals surface area contributed by atoms with E-state index in [-0.39, 0.29) is 11.8 Å². The fraction of sp³-hybridized carbons (Fsp3) is 0.857. The zero-order chi connectivity index (χ0) is 14.7. The first-order valence-corrected chi connectivity index (χ1v) is 7.11. The van der Waals surface area contributed by atoms with Gasteiger partial charge >= 0.3 is 0 Å². The number of carbonyl (C=O) groups is 2. The third-order valence-electron chi connectivity index (χ3n) is 2.73. The molecule has 0 radical (unpaired) electrons. The molecule has 19 heavy (non-hydrogen) atoms.